The van der Waals surface area contributed by atoms with E-state index in [0.717, 1.165) is 45.6 Å². The van der Waals surface area contributed by atoms with Gasteiger partial charge in [0.2, 0.25) is 0 Å². The van der Waals surface area contributed by atoms with E-state index in [4.69, 9.17) is 9.57 Å². The lowest BCUT2D eigenvalue weighted by molar-refractivity contribution is -0.207. The number of thiophene rings is 1. The van der Waals surface area contributed by atoms with Crippen LogP contribution in [0.2, 0.25) is 0 Å². The standard InChI is InChI=1S/C17H24N2O3S/c20-17(19-5-1-2-6-22-19)16-12-21-11-13-8-18(10-15(13)16)9-14-4-3-7-23-14/h3-4,7,13,15-16H,1-2,5-6,8-12H2/t13-,15-,16-/m1/s1. The number of hydrogen-bond donors (Lipinski definition) is 0. The van der Waals surface area contributed by atoms with Crippen LogP contribution in [-0.2, 0) is 20.9 Å². The van der Waals surface area contributed by atoms with E-state index in [1.165, 1.54) is 4.88 Å². The second-order valence-electron chi connectivity index (χ2n) is 6.82. The molecule has 0 aromatic carbocycles. The van der Waals surface area contributed by atoms with E-state index in [0.29, 0.717) is 25.0 Å². The smallest absolute Gasteiger partial charge is 0.251 e. The number of likely N-dealkylation sites (tertiary alicyclic amines) is 1. The minimum atomic E-state index is -0.0415. The second kappa shape index (κ2) is 6.89. The fourth-order valence-electron chi connectivity index (χ4n) is 4.05. The molecular weight excluding hydrogens is 312 g/mol. The molecule has 0 bridgehead atoms. The average molecular weight is 336 g/mol. The molecule has 4 rings (SSSR count). The summed E-state index contributed by atoms with van der Waals surface area (Å²) in [5.41, 5.74) is 0. The summed E-state index contributed by atoms with van der Waals surface area (Å²) in [7, 11) is 0. The van der Waals surface area contributed by atoms with Crippen LogP contribution in [0.3, 0.4) is 0 Å². The number of rotatable bonds is 3. The number of carbonyl (C=O) groups is 1. The molecule has 3 fully saturated rings. The number of ether oxygens (including phenoxy) is 1. The van der Waals surface area contributed by atoms with Gasteiger partial charge in [-0.05, 0) is 36.1 Å². The maximum atomic E-state index is 12.8. The number of amides is 1. The number of hydroxylamine groups is 2. The van der Waals surface area contributed by atoms with E-state index in [1.807, 2.05) is 0 Å². The van der Waals surface area contributed by atoms with Crippen LogP contribution in [0.1, 0.15) is 17.7 Å². The SMILES string of the molecule is O=C([C@@H]1COC[C@H]2CN(Cc3cccs3)C[C@H]21)N1CCCCO1. The summed E-state index contributed by atoms with van der Waals surface area (Å²) >= 11 is 1.80. The highest BCUT2D eigenvalue weighted by Gasteiger charge is 2.45. The van der Waals surface area contributed by atoms with Crippen molar-refractivity contribution in [2.75, 3.05) is 39.5 Å². The van der Waals surface area contributed by atoms with Gasteiger partial charge in [0.1, 0.15) is 0 Å². The number of nitrogens with zero attached hydrogens (tertiary/aromatic N) is 2. The Morgan fingerprint density at radius 1 is 1.30 bits per heavy atom. The van der Waals surface area contributed by atoms with Crippen molar-refractivity contribution in [2.24, 2.45) is 17.8 Å². The second-order valence-corrected chi connectivity index (χ2v) is 7.85. The molecule has 0 radical (unpaired) electrons. The zero-order valence-corrected chi connectivity index (χ0v) is 14.2. The maximum absolute atomic E-state index is 12.8. The molecule has 3 saturated heterocycles. The topological polar surface area (TPSA) is 42.0 Å². The monoisotopic (exact) mass is 336 g/mol. The molecule has 0 unspecified atom stereocenters. The molecule has 3 aliphatic heterocycles. The Hall–Kier alpha value is -0.950. The highest BCUT2D eigenvalue weighted by Crippen LogP contribution is 2.36. The summed E-state index contributed by atoms with van der Waals surface area (Å²) in [6.45, 7) is 5.75. The predicted octanol–water partition coefficient (Wildman–Crippen LogP) is 2.00. The summed E-state index contributed by atoms with van der Waals surface area (Å²) in [6, 6.07) is 4.29. The minimum absolute atomic E-state index is 0.0415. The van der Waals surface area contributed by atoms with Crippen LogP contribution in [0.5, 0.6) is 0 Å². The molecule has 5 nitrogen and oxygen atoms in total. The molecule has 23 heavy (non-hydrogen) atoms. The van der Waals surface area contributed by atoms with Crippen LogP contribution in [0, 0.1) is 17.8 Å². The summed E-state index contributed by atoms with van der Waals surface area (Å²) < 4.78 is 5.76. The van der Waals surface area contributed by atoms with Crippen molar-refractivity contribution in [1.82, 2.24) is 9.96 Å². The van der Waals surface area contributed by atoms with Gasteiger partial charge in [-0.1, -0.05) is 6.07 Å². The van der Waals surface area contributed by atoms with Crippen LogP contribution in [0.4, 0.5) is 0 Å². The fraction of sp³-hybridized carbons (Fsp3) is 0.706. The van der Waals surface area contributed by atoms with Crippen molar-refractivity contribution in [1.29, 1.82) is 0 Å². The zero-order chi connectivity index (χ0) is 15.6. The lowest BCUT2D eigenvalue weighted by atomic mass is 9.82. The van der Waals surface area contributed by atoms with E-state index in [2.05, 4.69) is 22.4 Å². The summed E-state index contributed by atoms with van der Waals surface area (Å²) in [5.74, 6) is 0.974. The van der Waals surface area contributed by atoms with Gasteiger partial charge in [-0.15, -0.1) is 11.3 Å². The molecule has 3 aliphatic rings. The van der Waals surface area contributed by atoms with Gasteiger partial charge in [0, 0.05) is 31.1 Å². The molecule has 6 heteroatoms. The summed E-state index contributed by atoms with van der Waals surface area (Å²) in [6.07, 6.45) is 2.09. The Labute approximate surface area is 141 Å². The molecular formula is C17H24N2O3S. The molecule has 1 aromatic heterocycles. The number of fused-ring (bicyclic) bond motifs is 1. The van der Waals surface area contributed by atoms with Gasteiger partial charge in [0.25, 0.3) is 5.91 Å². The third kappa shape index (κ3) is 3.31. The minimum Gasteiger partial charge on any atom is -0.380 e. The first-order valence-corrected chi connectivity index (χ1v) is 9.46. The first-order chi connectivity index (χ1) is 11.3. The largest absolute Gasteiger partial charge is 0.380 e. The van der Waals surface area contributed by atoms with Gasteiger partial charge in [0.05, 0.1) is 25.7 Å². The Morgan fingerprint density at radius 3 is 3.04 bits per heavy atom. The third-order valence-corrected chi connectivity index (χ3v) is 6.10. The van der Waals surface area contributed by atoms with Gasteiger partial charge < -0.3 is 4.74 Å². The molecule has 0 aliphatic carbocycles. The van der Waals surface area contributed by atoms with E-state index < -0.39 is 0 Å². The van der Waals surface area contributed by atoms with Gasteiger partial charge in [-0.25, -0.2) is 5.06 Å². The van der Waals surface area contributed by atoms with Crippen molar-refractivity contribution >= 4 is 17.2 Å². The van der Waals surface area contributed by atoms with Crippen LogP contribution in [-0.4, -0.2) is 55.3 Å². The third-order valence-electron chi connectivity index (χ3n) is 5.24. The van der Waals surface area contributed by atoms with Crippen molar-refractivity contribution in [3.63, 3.8) is 0 Å². The molecule has 4 heterocycles. The average Bonchev–Trinajstić information content (AvgIpc) is 3.24. The quantitative estimate of drug-likeness (QED) is 0.847. The van der Waals surface area contributed by atoms with Crippen molar-refractivity contribution < 1.29 is 14.4 Å². The van der Waals surface area contributed by atoms with E-state index in [1.54, 1.807) is 16.4 Å². The Bertz CT molecular complexity index is 530. The Kier molecular flexibility index (Phi) is 4.66. The molecule has 0 saturated carbocycles. The lowest BCUT2D eigenvalue weighted by Gasteiger charge is -2.36. The Morgan fingerprint density at radius 2 is 2.26 bits per heavy atom. The first-order valence-electron chi connectivity index (χ1n) is 8.58. The van der Waals surface area contributed by atoms with Gasteiger partial charge >= 0.3 is 0 Å². The van der Waals surface area contributed by atoms with Crippen LogP contribution < -0.4 is 0 Å². The predicted molar refractivity (Wildman–Crippen MR) is 87.8 cm³/mol. The lowest BCUT2D eigenvalue weighted by Crippen LogP contribution is -2.47. The van der Waals surface area contributed by atoms with Gasteiger partial charge in [-0.3, -0.25) is 14.5 Å². The molecule has 0 spiro atoms. The first kappa shape index (κ1) is 15.6. The van der Waals surface area contributed by atoms with Crippen LogP contribution in [0.15, 0.2) is 17.5 Å². The van der Waals surface area contributed by atoms with Gasteiger partial charge in [0.15, 0.2) is 0 Å². The maximum Gasteiger partial charge on any atom is 0.251 e. The summed E-state index contributed by atoms with van der Waals surface area (Å²) in [4.78, 5) is 22.3. The van der Waals surface area contributed by atoms with E-state index in [-0.39, 0.29) is 11.8 Å². The Balaban J connectivity index is 1.41. The highest BCUT2D eigenvalue weighted by atomic mass is 32.1. The molecule has 1 aromatic rings. The molecule has 126 valence electrons. The molecule has 1 amide bonds. The molecule has 0 N–H and O–H groups in total. The normalized spacial score (nSPS) is 32.0. The zero-order valence-electron chi connectivity index (χ0n) is 13.4. The number of hydrogen-bond acceptors (Lipinski definition) is 5. The van der Waals surface area contributed by atoms with Crippen LogP contribution >= 0.6 is 11.3 Å². The summed E-state index contributed by atoms with van der Waals surface area (Å²) in [5, 5.41) is 3.73. The van der Waals surface area contributed by atoms with Crippen molar-refractivity contribution in [2.45, 2.75) is 19.4 Å². The van der Waals surface area contributed by atoms with Crippen LogP contribution in [0.25, 0.3) is 0 Å². The molecule has 3 atom stereocenters. The van der Waals surface area contributed by atoms with Gasteiger partial charge in [-0.2, -0.15) is 0 Å². The number of carbonyl (C=O) groups excluding carboxylic acids is 1. The van der Waals surface area contributed by atoms with Crippen molar-refractivity contribution in [3.8, 4) is 0 Å². The van der Waals surface area contributed by atoms with E-state index in [9.17, 15) is 4.79 Å². The van der Waals surface area contributed by atoms with Crippen molar-refractivity contribution in [3.05, 3.63) is 22.4 Å². The fourth-order valence-corrected chi connectivity index (χ4v) is 4.80. The van der Waals surface area contributed by atoms with E-state index >= 15 is 0 Å². The highest BCUT2D eigenvalue weighted by molar-refractivity contribution is 7.09.